The van der Waals surface area contributed by atoms with Crippen molar-refractivity contribution in [2.75, 3.05) is 6.61 Å². The average molecular weight is 610 g/mol. The lowest BCUT2D eigenvalue weighted by molar-refractivity contribution is -0.312. The van der Waals surface area contributed by atoms with E-state index in [1.165, 1.54) is 12.1 Å². The third-order valence-electron chi connectivity index (χ3n) is 7.74. The minimum atomic E-state index is -1.84. The molecule has 2 aliphatic rings. The van der Waals surface area contributed by atoms with Crippen LogP contribution in [0.25, 0.3) is 22.3 Å². The van der Waals surface area contributed by atoms with Crippen LogP contribution in [-0.4, -0.2) is 113 Å². The van der Waals surface area contributed by atoms with Gasteiger partial charge >= 0.3 is 11.3 Å². The molecule has 0 spiro atoms. The van der Waals surface area contributed by atoms with Crippen molar-refractivity contribution in [3.05, 3.63) is 30.3 Å². The molecule has 10 N–H and O–H groups in total. The molecule has 0 amide bonds. The van der Waals surface area contributed by atoms with Crippen LogP contribution in [-0.2, 0) is 14.2 Å². The molecule has 2 fully saturated rings. The first-order chi connectivity index (χ1) is 20.3. The number of hydrogen-bond acceptors (Lipinski definition) is 14. The predicted molar refractivity (Wildman–Crippen MR) is 143 cm³/mol. The molecule has 5 rings (SSSR count). The van der Waals surface area contributed by atoms with Crippen LogP contribution >= 0.6 is 0 Å². The zero-order chi connectivity index (χ0) is 31.3. The molecular weight excluding hydrogens is 576 g/mol. The van der Waals surface area contributed by atoms with Crippen LogP contribution in [0.4, 0.5) is 0 Å². The van der Waals surface area contributed by atoms with Gasteiger partial charge in [0.15, 0.2) is 23.5 Å². The molecule has 3 aromatic rings. The van der Waals surface area contributed by atoms with Crippen LogP contribution in [0.5, 0.6) is 34.5 Å². The number of phenolic OH excluding ortho intramolecular Hbond substituents is 5. The molecule has 2 aromatic carbocycles. The van der Waals surface area contributed by atoms with Crippen molar-refractivity contribution in [2.45, 2.75) is 69.2 Å². The molecule has 43 heavy (non-hydrogen) atoms. The van der Waals surface area contributed by atoms with Crippen molar-refractivity contribution in [3.8, 4) is 45.8 Å². The first-order valence-electron chi connectivity index (χ1n) is 13.3. The smallest absolute Gasteiger partial charge is 0.402 e. The van der Waals surface area contributed by atoms with Gasteiger partial charge < -0.3 is 70.0 Å². The lowest BCUT2D eigenvalue weighted by Gasteiger charge is -2.42. The fraction of sp³-hybridized carbons (Fsp3) is 0.464. The molecule has 2 aliphatic heterocycles. The predicted octanol–water partition coefficient (Wildman–Crippen LogP) is 0.215. The van der Waals surface area contributed by atoms with Gasteiger partial charge in [-0.1, -0.05) is 6.92 Å². The highest BCUT2D eigenvalue weighted by Crippen LogP contribution is 2.45. The van der Waals surface area contributed by atoms with Crippen molar-refractivity contribution >= 4 is 11.0 Å². The maximum absolute atomic E-state index is 10.7. The Balaban J connectivity index is 1.46. The molecule has 234 valence electrons. The second-order valence-electron chi connectivity index (χ2n) is 10.7. The van der Waals surface area contributed by atoms with E-state index in [4.69, 9.17) is 23.4 Å². The third kappa shape index (κ3) is 5.81. The minimum absolute atomic E-state index is 0.0277. The highest BCUT2D eigenvalue weighted by atomic mass is 16.7. The van der Waals surface area contributed by atoms with Crippen LogP contribution < -0.4 is 4.74 Å². The fourth-order valence-corrected chi connectivity index (χ4v) is 4.98. The Bertz CT molecular complexity index is 1460. The van der Waals surface area contributed by atoms with Gasteiger partial charge in [-0.05, 0) is 6.92 Å². The molecule has 0 bridgehead atoms. The van der Waals surface area contributed by atoms with E-state index in [-0.39, 0.29) is 39.7 Å². The minimum Gasteiger partial charge on any atom is -0.507 e. The van der Waals surface area contributed by atoms with Gasteiger partial charge in [0.1, 0.15) is 47.4 Å². The molecular formula is C28H33O15+. The van der Waals surface area contributed by atoms with Crippen molar-refractivity contribution in [1.82, 2.24) is 0 Å². The number of phenols is 5. The van der Waals surface area contributed by atoms with Crippen molar-refractivity contribution in [3.63, 3.8) is 0 Å². The van der Waals surface area contributed by atoms with E-state index in [1.807, 2.05) is 0 Å². The Morgan fingerprint density at radius 2 is 1.37 bits per heavy atom. The van der Waals surface area contributed by atoms with E-state index in [0.717, 1.165) is 18.2 Å². The lowest BCUT2D eigenvalue weighted by Crippen LogP contribution is -2.61. The Morgan fingerprint density at radius 3 is 2.05 bits per heavy atom. The van der Waals surface area contributed by atoms with Gasteiger partial charge in [-0.15, -0.1) is 0 Å². The van der Waals surface area contributed by atoms with Gasteiger partial charge in [-0.3, -0.25) is 0 Å². The number of hydrogen-bond donors (Lipinski definition) is 10. The summed E-state index contributed by atoms with van der Waals surface area (Å²) in [6.07, 6.45) is -12.7. The highest BCUT2D eigenvalue weighted by molar-refractivity contribution is 5.88. The summed E-state index contributed by atoms with van der Waals surface area (Å²) in [5.41, 5.74) is -0.112. The van der Waals surface area contributed by atoms with E-state index >= 15 is 0 Å². The van der Waals surface area contributed by atoms with Gasteiger partial charge in [-0.25, -0.2) is 4.42 Å². The molecule has 10 atom stereocenters. The van der Waals surface area contributed by atoms with E-state index < -0.39 is 84.9 Å². The summed E-state index contributed by atoms with van der Waals surface area (Å²) in [7, 11) is 0. The first kappa shape index (κ1) is 30.8. The average Bonchev–Trinajstić information content (AvgIpc) is 2.96. The molecule has 2 saturated heterocycles. The topological polar surface area (TPSA) is 251 Å². The zero-order valence-corrected chi connectivity index (χ0v) is 22.9. The Labute approximate surface area is 243 Å². The van der Waals surface area contributed by atoms with Crippen molar-refractivity contribution < 1.29 is 74.4 Å². The Kier molecular flexibility index (Phi) is 8.43. The van der Waals surface area contributed by atoms with E-state index in [9.17, 15) is 51.1 Å². The van der Waals surface area contributed by atoms with Gasteiger partial charge in [0, 0.05) is 30.2 Å². The lowest BCUT2D eigenvalue weighted by atomic mass is 9.92. The zero-order valence-electron chi connectivity index (χ0n) is 22.9. The van der Waals surface area contributed by atoms with Crippen LogP contribution in [0.2, 0.25) is 0 Å². The fourth-order valence-electron chi connectivity index (χ4n) is 4.98. The summed E-state index contributed by atoms with van der Waals surface area (Å²) in [6, 6.07) is 5.48. The maximum atomic E-state index is 10.7. The summed E-state index contributed by atoms with van der Waals surface area (Å²) in [4.78, 5) is 0. The SMILES string of the molecule is CC1O[C@@H](OC[C@H]2OC(Oc3cc4c(O)cc(O)cc4[o+]c3-c3cc(O)c(O)c(O)c3)[C@H](O)[C@H](O)C2O)[C@@H](O)C(O)[C@H]1C. The Morgan fingerprint density at radius 1 is 0.721 bits per heavy atom. The van der Waals surface area contributed by atoms with E-state index in [0.29, 0.717) is 0 Å². The number of ether oxygens (including phenoxy) is 4. The molecule has 0 radical (unpaired) electrons. The summed E-state index contributed by atoms with van der Waals surface area (Å²) < 4.78 is 28.6. The molecule has 1 aromatic heterocycles. The number of aromatic hydroxyl groups is 5. The normalized spacial score (nSPS) is 33.0. The van der Waals surface area contributed by atoms with Crippen LogP contribution in [0.3, 0.4) is 0 Å². The molecule has 0 saturated carbocycles. The van der Waals surface area contributed by atoms with Crippen LogP contribution in [0.15, 0.2) is 34.7 Å². The number of aliphatic hydroxyl groups is 5. The molecule has 3 heterocycles. The van der Waals surface area contributed by atoms with Crippen molar-refractivity contribution in [1.29, 1.82) is 0 Å². The summed E-state index contributed by atoms with van der Waals surface area (Å²) in [5.74, 6) is -3.90. The Hall–Kier alpha value is -3.67. The second kappa shape index (κ2) is 11.8. The second-order valence-corrected chi connectivity index (χ2v) is 10.7. The number of aliphatic hydroxyl groups excluding tert-OH is 5. The van der Waals surface area contributed by atoms with Gasteiger partial charge in [0.05, 0.1) is 30.4 Å². The standard InChI is InChI=1S/C28H32O15/c1-9-10(2)40-27(24(37)20(9)33)39-8-19-22(35)23(36)25(38)28(43-19)42-18-7-13-14(30)5-12(29)6-17(13)41-26(18)11-3-15(31)21(34)16(32)4-11/h3-7,9-10,19-20,22-25,27-28,33,35-38H,8H2,1-2H3,(H4-,29,30,31,32,34)/p+1/t9-,10?,19+,20?,22?,23+,24-,25+,27+,28?/m0/s1. The molecule has 4 unspecified atom stereocenters. The van der Waals surface area contributed by atoms with E-state index in [2.05, 4.69) is 0 Å². The highest BCUT2D eigenvalue weighted by Gasteiger charge is 2.47. The van der Waals surface area contributed by atoms with Gasteiger partial charge in [0.25, 0.3) is 0 Å². The summed E-state index contributed by atoms with van der Waals surface area (Å²) in [5, 5.41) is 103. The first-order valence-corrected chi connectivity index (χ1v) is 13.3. The summed E-state index contributed by atoms with van der Waals surface area (Å²) in [6.45, 7) is 2.90. The number of rotatable bonds is 6. The summed E-state index contributed by atoms with van der Waals surface area (Å²) >= 11 is 0. The largest absolute Gasteiger partial charge is 0.507 e. The van der Waals surface area contributed by atoms with Crippen LogP contribution in [0, 0.1) is 5.92 Å². The number of fused-ring (bicyclic) bond motifs is 1. The molecule has 15 heteroatoms. The molecule has 0 aliphatic carbocycles. The number of benzene rings is 2. The van der Waals surface area contributed by atoms with Gasteiger partial charge in [-0.2, -0.15) is 0 Å². The molecule has 15 nitrogen and oxygen atoms in total. The monoisotopic (exact) mass is 609 g/mol. The third-order valence-corrected chi connectivity index (χ3v) is 7.74. The van der Waals surface area contributed by atoms with Crippen molar-refractivity contribution in [2.24, 2.45) is 5.92 Å². The maximum Gasteiger partial charge on any atom is 0.402 e. The van der Waals surface area contributed by atoms with E-state index in [1.54, 1.807) is 13.8 Å². The quantitative estimate of drug-likeness (QED) is 0.132. The van der Waals surface area contributed by atoms with Crippen LogP contribution in [0.1, 0.15) is 13.8 Å². The van der Waals surface area contributed by atoms with Gasteiger partial charge in [0.2, 0.25) is 12.0 Å².